The number of amides is 1. The first-order valence-electron chi connectivity index (χ1n) is 7.12. The van der Waals surface area contributed by atoms with E-state index < -0.39 is 29.7 Å². The molecular formula is C17H13BrF3NO3. The minimum atomic E-state index is -4.50. The summed E-state index contributed by atoms with van der Waals surface area (Å²) in [5.41, 5.74) is -0.230. The van der Waals surface area contributed by atoms with Crippen LogP contribution in [0.15, 0.2) is 53.0 Å². The van der Waals surface area contributed by atoms with Crippen LogP contribution in [0.1, 0.15) is 21.5 Å². The molecule has 2 aromatic carbocycles. The van der Waals surface area contributed by atoms with Gasteiger partial charge in [-0.2, -0.15) is 13.2 Å². The van der Waals surface area contributed by atoms with Crippen LogP contribution in [-0.4, -0.2) is 23.0 Å². The van der Waals surface area contributed by atoms with Crippen LogP contribution in [0.3, 0.4) is 0 Å². The number of hydrogen-bond acceptors (Lipinski definition) is 2. The van der Waals surface area contributed by atoms with Crippen LogP contribution in [-0.2, 0) is 17.4 Å². The van der Waals surface area contributed by atoms with Gasteiger partial charge in [0.2, 0.25) is 0 Å². The lowest BCUT2D eigenvalue weighted by atomic mass is 10.1. The number of alkyl halides is 3. The molecule has 25 heavy (non-hydrogen) atoms. The Labute approximate surface area is 149 Å². The molecular weight excluding hydrogens is 403 g/mol. The molecule has 4 nitrogen and oxygen atoms in total. The number of carbonyl (C=O) groups excluding carboxylic acids is 1. The second-order valence-electron chi connectivity index (χ2n) is 5.27. The predicted octanol–water partition coefficient (Wildman–Crippen LogP) is 3.89. The SMILES string of the molecule is O=C(N[C@H](Cc1ccc(Br)cc1)C(=O)O)c1ccc(C(F)(F)F)cc1. The monoisotopic (exact) mass is 415 g/mol. The van der Waals surface area contributed by atoms with Crippen LogP contribution < -0.4 is 5.32 Å². The van der Waals surface area contributed by atoms with Crippen LogP contribution >= 0.6 is 15.9 Å². The number of carboxylic acid groups (broad SMARTS) is 1. The van der Waals surface area contributed by atoms with E-state index in [1.807, 2.05) is 0 Å². The summed E-state index contributed by atoms with van der Waals surface area (Å²) in [6, 6.07) is 9.29. The Morgan fingerprint density at radius 1 is 1.04 bits per heavy atom. The molecule has 0 saturated heterocycles. The molecule has 0 aromatic heterocycles. The molecule has 0 saturated carbocycles. The second kappa shape index (κ2) is 7.69. The summed E-state index contributed by atoms with van der Waals surface area (Å²) in [6.07, 6.45) is -4.45. The predicted molar refractivity (Wildman–Crippen MR) is 88.2 cm³/mol. The molecule has 2 rings (SSSR count). The summed E-state index contributed by atoms with van der Waals surface area (Å²) >= 11 is 3.27. The Morgan fingerprint density at radius 3 is 2.08 bits per heavy atom. The topological polar surface area (TPSA) is 66.4 Å². The number of hydrogen-bond donors (Lipinski definition) is 2. The minimum Gasteiger partial charge on any atom is -0.480 e. The molecule has 0 fully saturated rings. The van der Waals surface area contributed by atoms with Crippen molar-refractivity contribution in [1.29, 1.82) is 0 Å². The smallest absolute Gasteiger partial charge is 0.416 e. The quantitative estimate of drug-likeness (QED) is 0.778. The lowest BCUT2D eigenvalue weighted by Gasteiger charge is -2.15. The lowest BCUT2D eigenvalue weighted by molar-refractivity contribution is -0.139. The van der Waals surface area contributed by atoms with Gasteiger partial charge in [0.1, 0.15) is 6.04 Å². The van der Waals surface area contributed by atoms with Gasteiger partial charge in [0.15, 0.2) is 0 Å². The molecule has 2 aromatic rings. The van der Waals surface area contributed by atoms with E-state index in [1.165, 1.54) is 0 Å². The lowest BCUT2D eigenvalue weighted by Crippen LogP contribution is -2.42. The normalized spacial score (nSPS) is 12.5. The molecule has 8 heteroatoms. The van der Waals surface area contributed by atoms with E-state index in [0.717, 1.165) is 28.7 Å². The number of aliphatic carboxylic acids is 1. The summed E-state index contributed by atoms with van der Waals surface area (Å²) in [6.45, 7) is 0. The van der Waals surface area contributed by atoms with Gasteiger partial charge in [0.25, 0.3) is 5.91 Å². The molecule has 0 aliphatic carbocycles. The first-order chi connectivity index (χ1) is 11.7. The molecule has 2 N–H and O–H groups in total. The van der Waals surface area contributed by atoms with Gasteiger partial charge in [-0.15, -0.1) is 0 Å². The summed E-state index contributed by atoms with van der Waals surface area (Å²) in [5, 5.41) is 11.6. The van der Waals surface area contributed by atoms with Gasteiger partial charge in [-0.25, -0.2) is 4.79 Å². The van der Waals surface area contributed by atoms with Crippen LogP contribution in [0.2, 0.25) is 0 Å². The average molecular weight is 416 g/mol. The molecule has 0 unspecified atom stereocenters. The van der Waals surface area contributed by atoms with E-state index in [9.17, 15) is 27.9 Å². The van der Waals surface area contributed by atoms with Crippen molar-refractivity contribution >= 4 is 27.8 Å². The van der Waals surface area contributed by atoms with E-state index in [-0.39, 0.29) is 12.0 Å². The van der Waals surface area contributed by atoms with Crippen LogP contribution in [0, 0.1) is 0 Å². The zero-order valence-electron chi connectivity index (χ0n) is 12.7. The van der Waals surface area contributed by atoms with Crippen molar-refractivity contribution in [3.63, 3.8) is 0 Å². The Bertz CT molecular complexity index is 758. The maximum Gasteiger partial charge on any atom is 0.416 e. The zero-order valence-corrected chi connectivity index (χ0v) is 14.3. The number of carbonyl (C=O) groups is 2. The van der Waals surface area contributed by atoms with Gasteiger partial charge < -0.3 is 10.4 Å². The highest BCUT2D eigenvalue weighted by Crippen LogP contribution is 2.29. The van der Waals surface area contributed by atoms with Crippen LogP contribution in [0.4, 0.5) is 13.2 Å². The zero-order chi connectivity index (χ0) is 18.6. The Balaban J connectivity index is 2.09. The first kappa shape index (κ1) is 19.0. The van der Waals surface area contributed by atoms with Crippen molar-refractivity contribution in [2.45, 2.75) is 18.6 Å². The van der Waals surface area contributed by atoms with Crippen molar-refractivity contribution in [3.8, 4) is 0 Å². The summed E-state index contributed by atoms with van der Waals surface area (Å²) in [4.78, 5) is 23.5. The first-order valence-corrected chi connectivity index (χ1v) is 7.91. The number of benzene rings is 2. The molecule has 0 aliphatic heterocycles. The molecule has 0 heterocycles. The van der Waals surface area contributed by atoms with Gasteiger partial charge in [-0.1, -0.05) is 28.1 Å². The number of nitrogens with one attached hydrogen (secondary N) is 1. The van der Waals surface area contributed by atoms with Gasteiger partial charge in [0.05, 0.1) is 5.56 Å². The Hall–Kier alpha value is -2.35. The van der Waals surface area contributed by atoms with Gasteiger partial charge >= 0.3 is 12.1 Å². The highest BCUT2D eigenvalue weighted by Gasteiger charge is 2.30. The molecule has 0 radical (unpaired) electrons. The van der Waals surface area contributed by atoms with E-state index in [2.05, 4.69) is 21.2 Å². The van der Waals surface area contributed by atoms with E-state index >= 15 is 0 Å². The maximum atomic E-state index is 12.5. The Morgan fingerprint density at radius 2 is 1.60 bits per heavy atom. The fourth-order valence-electron chi connectivity index (χ4n) is 2.11. The molecule has 0 aliphatic rings. The molecule has 1 amide bonds. The molecule has 1 atom stereocenters. The highest BCUT2D eigenvalue weighted by atomic mass is 79.9. The van der Waals surface area contributed by atoms with Crippen LogP contribution in [0.25, 0.3) is 0 Å². The second-order valence-corrected chi connectivity index (χ2v) is 6.19. The van der Waals surface area contributed by atoms with Crippen LogP contribution in [0.5, 0.6) is 0 Å². The van der Waals surface area contributed by atoms with Crippen molar-refractivity contribution in [2.75, 3.05) is 0 Å². The molecule has 132 valence electrons. The van der Waals surface area contributed by atoms with Gasteiger partial charge in [-0.05, 0) is 42.0 Å². The van der Waals surface area contributed by atoms with Gasteiger partial charge in [0, 0.05) is 16.5 Å². The highest BCUT2D eigenvalue weighted by molar-refractivity contribution is 9.10. The van der Waals surface area contributed by atoms with E-state index in [1.54, 1.807) is 24.3 Å². The third-order valence-electron chi connectivity index (χ3n) is 3.43. The number of carboxylic acids is 1. The number of halogens is 4. The standard InChI is InChI=1S/C17H13BrF3NO3/c18-13-7-1-10(2-8-13)9-14(16(24)25)22-15(23)11-3-5-12(6-4-11)17(19,20)21/h1-8,14H,9H2,(H,22,23)(H,24,25)/t14-/m1/s1. The number of rotatable bonds is 5. The van der Waals surface area contributed by atoms with E-state index in [0.29, 0.717) is 5.56 Å². The third-order valence-corrected chi connectivity index (χ3v) is 3.96. The summed E-state index contributed by atoms with van der Waals surface area (Å²) in [5.74, 6) is -1.98. The van der Waals surface area contributed by atoms with Crippen molar-refractivity contribution in [1.82, 2.24) is 5.32 Å². The van der Waals surface area contributed by atoms with E-state index in [4.69, 9.17) is 0 Å². The van der Waals surface area contributed by atoms with Crippen molar-refractivity contribution in [3.05, 3.63) is 69.7 Å². The van der Waals surface area contributed by atoms with Crippen molar-refractivity contribution < 1.29 is 27.9 Å². The summed E-state index contributed by atoms with van der Waals surface area (Å²) in [7, 11) is 0. The summed E-state index contributed by atoms with van der Waals surface area (Å²) < 4.78 is 38.4. The fourth-order valence-corrected chi connectivity index (χ4v) is 2.37. The molecule has 0 spiro atoms. The average Bonchev–Trinajstić information content (AvgIpc) is 2.55. The fraction of sp³-hybridized carbons (Fsp3) is 0.176. The Kier molecular flexibility index (Phi) is 5.84. The minimum absolute atomic E-state index is 0.0462. The molecule has 0 bridgehead atoms. The third kappa shape index (κ3) is 5.32. The van der Waals surface area contributed by atoms with Crippen molar-refractivity contribution in [2.24, 2.45) is 0 Å². The largest absolute Gasteiger partial charge is 0.480 e. The van der Waals surface area contributed by atoms with Gasteiger partial charge in [-0.3, -0.25) is 4.79 Å². The maximum absolute atomic E-state index is 12.5.